The Morgan fingerprint density at radius 2 is 2.13 bits per heavy atom. The monoisotopic (exact) mass is 221 g/mol. The van der Waals surface area contributed by atoms with Crippen molar-refractivity contribution in [3.63, 3.8) is 0 Å². The molecule has 0 aromatic heterocycles. The lowest BCUT2D eigenvalue weighted by Gasteiger charge is -2.25. The van der Waals surface area contributed by atoms with Crippen LogP contribution in [-0.4, -0.2) is 11.1 Å². The first-order valence-electron chi connectivity index (χ1n) is 5.26. The molecule has 0 aliphatic heterocycles. The Labute approximate surface area is 95.4 Å². The molecule has 0 spiro atoms. The van der Waals surface area contributed by atoms with Gasteiger partial charge in [0.05, 0.1) is 12.7 Å². The van der Waals surface area contributed by atoms with Crippen LogP contribution in [0.3, 0.4) is 0 Å². The zero-order valence-corrected chi connectivity index (χ0v) is 9.43. The summed E-state index contributed by atoms with van der Waals surface area (Å²) in [5, 5.41) is 0. The molecule has 80 valence electrons. The quantitative estimate of drug-likeness (QED) is 0.793. The molecule has 3 heteroatoms. The van der Waals surface area contributed by atoms with E-state index in [1.807, 2.05) is 24.3 Å². The van der Waals surface area contributed by atoms with Crippen LogP contribution < -0.4 is 5.73 Å². The van der Waals surface area contributed by atoms with Crippen LogP contribution in [0.1, 0.15) is 30.4 Å². The van der Waals surface area contributed by atoms with Crippen molar-refractivity contribution in [2.45, 2.75) is 32.0 Å². The first-order chi connectivity index (χ1) is 7.27. The summed E-state index contributed by atoms with van der Waals surface area (Å²) >= 11 is 4.99. The van der Waals surface area contributed by atoms with Gasteiger partial charge in [0.2, 0.25) is 0 Å². The summed E-state index contributed by atoms with van der Waals surface area (Å²) in [6, 6.07) is 7.90. The van der Waals surface area contributed by atoms with Gasteiger partial charge in [-0.2, -0.15) is 0 Å². The summed E-state index contributed by atoms with van der Waals surface area (Å²) in [5.41, 5.74) is 7.67. The molecule has 1 aliphatic rings. The third-order valence-corrected chi connectivity index (χ3v) is 3.03. The topological polar surface area (TPSA) is 35.2 Å². The Hall–Kier alpha value is -0.930. The minimum absolute atomic E-state index is 0.447. The number of thiocarbonyl (C=S) groups is 1. The second-order valence-corrected chi connectivity index (χ2v) is 4.33. The maximum absolute atomic E-state index is 5.74. The van der Waals surface area contributed by atoms with E-state index in [-0.39, 0.29) is 0 Å². The fraction of sp³-hybridized carbons (Fsp3) is 0.417. The summed E-state index contributed by atoms with van der Waals surface area (Å²) in [6.45, 7) is 0.623. The van der Waals surface area contributed by atoms with Crippen molar-refractivity contribution in [2.75, 3.05) is 0 Å². The number of benzene rings is 1. The van der Waals surface area contributed by atoms with Gasteiger partial charge in [0.25, 0.3) is 0 Å². The Morgan fingerprint density at radius 3 is 2.73 bits per heavy atom. The lowest BCUT2D eigenvalue weighted by molar-refractivity contribution is -0.00870. The van der Waals surface area contributed by atoms with E-state index in [0.29, 0.717) is 17.7 Å². The maximum atomic E-state index is 5.74. The molecule has 1 fully saturated rings. The largest absolute Gasteiger partial charge is 0.389 e. The minimum atomic E-state index is 0.447. The van der Waals surface area contributed by atoms with Crippen LogP contribution in [0.25, 0.3) is 0 Å². The summed E-state index contributed by atoms with van der Waals surface area (Å²) < 4.78 is 5.74. The van der Waals surface area contributed by atoms with Crippen LogP contribution in [0.2, 0.25) is 0 Å². The van der Waals surface area contributed by atoms with Crippen LogP contribution in [0.15, 0.2) is 24.3 Å². The van der Waals surface area contributed by atoms with E-state index < -0.39 is 0 Å². The van der Waals surface area contributed by atoms with Crippen molar-refractivity contribution in [2.24, 2.45) is 5.73 Å². The Bertz CT molecular complexity index is 360. The van der Waals surface area contributed by atoms with E-state index in [1.165, 1.54) is 19.3 Å². The molecule has 2 rings (SSSR count). The van der Waals surface area contributed by atoms with Crippen LogP contribution in [-0.2, 0) is 11.3 Å². The van der Waals surface area contributed by atoms with Gasteiger partial charge in [-0.3, -0.25) is 0 Å². The zero-order chi connectivity index (χ0) is 10.7. The first-order valence-corrected chi connectivity index (χ1v) is 5.67. The molecule has 0 unspecified atom stereocenters. The molecule has 2 nitrogen and oxygen atoms in total. The zero-order valence-electron chi connectivity index (χ0n) is 8.61. The van der Waals surface area contributed by atoms with Crippen molar-refractivity contribution >= 4 is 17.2 Å². The van der Waals surface area contributed by atoms with E-state index in [2.05, 4.69) is 0 Å². The predicted octanol–water partition coefficient (Wildman–Crippen LogP) is 2.39. The molecule has 0 saturated heterocycles. The Balaban J connectivity index is 2.02. The molecule has 0 atom stereocenters. The summed E-state index contributed by atoms with van der Waals surface area (Å²) in [6.07, 6.45) is 4.12. The first kappa shape index (κ1) is 10.6. The highest BCUT2D eigenvalue weighted by Gasteiger charge is 2.18. The number of hydrogen-bond acceptors (Lipinski definition) is 2. The van der Waals surface area contributed by atoms with Gasteiger partial charge in [-0.15, -0.1) is 0 Å². The molecule has 0 amide bonds. The molecule has 1 aromatic rings. The molecule has 0 radical (unpaired) electrons. The summed E-state index contributed by atoms with van der Waals surface area (Å²) in [5.74, 6) is 0. The second kappa shape index (κ2) is 4.73. The average molecular weight is 221 g/mol. The molecule has 0 bridgehead atoms. The minimum Gasteiger partial charge on any atom is -0.389 e. The van der Waals surface area contributed by atoms with Crippen LogP contribution in [0, 0.1) is 0 Å². The van der Waals surface area contributed by atoms with E-state index in [4.69, 9.17) is 22.7 Å². The number of ether oxygens (including phenoxy) is 1. The second-order valence-electron chi connectivity index (χ2n) is 3.89. The highest BCUT2D eigenvalue weighted by molar-refractivity contribution is 7.80. The van der Waals surface area contributed by atoms with E-state index in [9.17, 15) is 0 Å². The highest BCUT2D eigenvalue weighted by Crippen LogP contribution is 2.23. The lowest BCUT2D eigenvalue weighted by atomic mass is 9.96. The van der Waals surface area contributed by atoms with Gasteiger partial charge in [-0.05, 0) is 24.8 Å². The van der Waals surface area contributed by atoms with Crippen LogP contribution in [0.4, 0.5) is 0 Å². The van der Waals surface area contributed by atoms with Gasteiger partial charge in [0, 0.05) is 5.56 Å². The molecule has 2 N–H and O–H groups in total. The normalized spacial score (nSPS) is 16.0. The van der Waals surface area contributed by atoms with Gasteiger partial charge >= 0.3 is 0 Å². The molecule has 1 aliphatic carbocycles. The lowest BCUT2D eigenvalue weighted by Crippen LogP contribution is -2.22. The Morgan fingerprint density at radius 1 is 1.40 bits per heavy atom. The van der Waals surface area contributed by atoms with Crippen molar-refractivity contribution < 1.29 is 4.74 Å². The number of hydrogen-bond donors (Lipinski definition) is 1. The molecular weight excluding hydrogens is 206 g/mol. The molecular formula is C12H15NOS. The summed E-state index contributed by atoms with van der Waals surface area (Å²) in [7, 11) is 0. The molecule has 0 heterocycles. The van der Waals surface area contributed by atoms with E-state index in [0.717, 1.165) is 11.1 Å². The fourth-order valence-corrected chi connectivity index (χ4v) is 1.83. The van der Waals surface area contributed by atoms with E-state index >= 15 is 0 Å². The average Bonchev–Trinajstić information content (AvgIpc) is 2.16. The SMILES string of the molecule is NC(=S)c1ccccc1COC1CCC1. The van der Waals surface area contributed by atoms with Crippen LogP contribution in [0.5, 0.6) is 0 Å². The highest BCUT2D eigenvalue weighted by atomic mass is 32.1. The van der Waals surface area contributed by atoms with Crippen LogP contribution >= 0.6 is 12.2 Å². The van der Waals surface area contributed by atoms with Gasteiger partial charge in [0.1, 0.15) is 4.99 Å². The van der Waals surface area contributed by atoms with Gasteiger partial charge in [-0.1, -0.05) is 36.5 Å². The van der Waals surface area contributed by atoms with Crippen molar-refractivity contribution in [1.82, 2.24) is 0 Å². The number of nitrogens with two attached hydrogens (primary N) is 1. The van der Waals surface area contributed by atoms with Gasteiger partial charge < -0.3 is 10.5 Å². The number of rotatable bonds is 4. The summed E-state index contributed by atoms with van der Waals surface area (Å²) in [4.78, 5) is 0.447. The van der Waals surface area contributed by atoms with Crippen molar-refractivity contribution in [3.05, 3.63) is 35.4 Å². The Kier molecular flexibility index (Phi) is 3.34. The smallest absolute Gasteiger partial charge is 0.104 e. The third-order valence-electron chi connectivity index (χ3n) is 2.81. The van der Waals surface area contributed by atoms with Gasteiger partial charge in [-0.25, -0.2) is 0 Å². The van der Waals surface area contributed by atoms with E-state index in [1.54, 1.807) is 0 Å². The third kappa shape index (κ3) is 2.55. The fourth-order valence-electron chi connectivity index (χ4n) is 1.63. The van der Waals surface area contributed by atoms with Crippen molar-refractivity contribution in [1.29, 1.82) is 0 Å². The molecule has 1 aromatic carbocycles. The maximum Gasteiger partial charge on any atom is 0.104 e. The standard InChI is InChI=1S/C12H15NOS/c13-12(15)11-7-2-1-4-9(11)8-14-10-5-3-6-10/h1-2,4,7,10H,3,5-6,8H2,(H2,13,15). The van der Waals surface area contributed by atoms with Crippen molar-refractivity contribution in [3.8, 4) is 0 Å². The molecule has 1 saturated carbocycles. The predicted molar refractivity (Wildman–Crippen MR) is 64.8 cm³/mol. The van der Waals surface area contributed by atoms with Gasteiger partial charge in [0.15, 0.2) is 0 Å². The molecule has 15 heavy (non-hydrogen) atoms.